The van der Waals surface area contributed by atoms with E-state index in [1.54, 1.807) is 7.11 Å². The van der Waals surface area contributed by atoms with E-state index in [4.69, 9.17) is 4.74 Å². The lowest BCUT2D eigenvalue weighted by Gasteiger charge is -2.33. The molecule has 2 saturated heterocycles. The van der Waals surface area contributed by atoms with Gasteiger partial charge in [0.05, 0.1) is 12.1 Å². The number of rotatable bonds is 4. The highest BCUT2D eigenvalue weighted by Crippen LogP contribution is 2.31. The van der Waals surface area contributed by atoms with Crippen LogP contribution in [-0.4, -0.2) is 61.6 Å². The number of carbonyl (C=O) groups excluding carboxylic acids is 2. The SMILES string of the molecule is COC1CNC(C(=O)NC2CCN(C(=O)C3CC3)CC2)C1. The highest BCUT2D eigenvalue weighted by Gasteiger charge is 2.36. The number of nitrogens with zero attached hydrogens (tertiary/aromatic N) is 1. The van der Waals surface area contributed by atoms with Crippen molar-refractivity contribution in [1.29, 1.82) is 0 Å². The van der Waals surface area contributed by atoms with Crippen molar-refractivity contribution in [3.05, 3.63) is 0 Å². The second kappa shape index (κ2) is 6.32. The number of amides is 2. The third kappa shape index (κ3) is 3.55. The first-order chi connectivity index (χ1) is 10.2. The van der Waals surface area contributed by atoms with Crippen LogP contribution in [0.2, 0.25) is 0 Å². The number of methoxy groups -OCH3 is 1. The average molecular weight is 295 g/mol. The van der Waals surface area contributed by atoms with Crippen molar-refractivity contribution in [1.82, 2.24) is 15.5 Å². The lowest BCUT2D eigenvalue weighted by atomic mass is 10.0. The van der Waals surface area contributed by atoms with E-state index in [0.29, 0.717) is 11.8 Å². The first-order valence-corrected chi connectivity index (χ1v) is 8.02. The Balaban J connectivity index is 1.40. The zero-order chi connectivity index (χ0) is 14.8. The summed E-state index contributed by atoms with van der Waals surface area (Å²) in [7, 11) is 1.68. The zero-order valence-corrected chi connectivity index (χ0v) is 12.6. The predicted octanol–water partition coefficient (Wildman–Crippen LogP) is -0.119. The lowest BCUT2D eigenvalue weighted by molar-refractivity contribution is -0.133. The van der Waals surface area contributed by atoms with Gasteiger partial charge in [-0.1, -0.05) is 0 Å². The van der Waals surface area contributed by atoms with Gasteiger partial charge in [0.15, 0.2) is 0 Å². The van der Waals surface area contributed by atoms with E-state index in [1.165, 1.54) is 0 Å². The second-order valence-electron chi connectivity index (χ2n) is 6.44. The third-order valence-corrected chi connectivity index (χ3v) is 4.82. The van der Waals surface area contributed by atoms with Gasteiger partial charge < -0.3 is 20.3 Å². The maximum Gasteiger partial charge on any atom is 0.237 e. The number of carbonyl (C=O) groups is 2. The fourth-order valence-corrected chi connectivity index (χ4v) is 3.22. The van der Waals surface area contributed by atoms with Crippen LogP contribution < -0.4 is 10.6 Å². The highest BCUT2D eigenvalue weighted by atomic mass is 16.5. The number of piperidine rings is 1. The predicted molar refractivity (Wildman–Crippen MR) is 77.7 cm³/mol. The number of ether oxygens (including phenoxy) is 1. The van der Waals surface area contributed by atoms with Crippen LogP contribution in [-0.2, 0) is 14.3 Å². The number of hydrogen-bond acceptors (Lipinski definition) is 4. The topological polar surface area (TPSA) is 70.7 Å². The summed E-state index contributed by atoms with van der Waals surface area (Å²) in [5.74, 6) is 0.687. The molecule has 3 fully saturated rings. The van der Waals surface area contributed by atoms with Gasteiger partial charge in [0.1, 0.15) is 0 Å². The molecule has 6 nitrogen and oxygen atoms in total. The molecule has 2 aliphatic heterocycles. The van der Waals surface area contributed by atoms with E-state index in [-0.39, 0.29) is 24.1 Å². The van der Waals surface area contributed by atoms with Gasteiger partial charge in [-0.2, -0.15) is 0 Å². The molecule has 0 bridgehead atoms. The Morgan fingerprint density at radius 1 is 1.19 bits per heavy atom. The van der Waals surface area contributed by atoms with Crippen LogP contribution in [0.25, 0.3) is 0 Å². The second-order valence-corrected chi connectivity index (χ2v) is 6.44. The standard InChI is InChI=1S/C15H25N3O3/c1-21-12-8-13(16-9-12)14(19)17-11-4-6-18(7-5-11)15(20)10-2-3-10/h10-13,16H,2-9H2,1H3,(H,17,19). The molecule has 0 aromatic carbocycles. The zero-order valence-electron chi connectivity index (χ0n) is 12.6. The van der Waals surface area contributed by atoms with Gasteiger partial charge >= 0.3 is 0 Å². The van der Waals surface area contributed by atoms with Gasteiger partial charge in [0.2, 0.25) is 11.8 Å². The largest absolute Gasteiger partial charge is 0.380 e. The number of hydrogen-bond donors (Lipinski definition) is 2. The molecular formula is C15H25N3O3. The summed E-state index contributed by atoms with van der Waals surface area (Å²) in [5.41, 5.74) is 0. The van der Waals surface area contributed by atoms with Gasteiger partial charge in [-0.25, -0.2) is 0 Å². The summed E-state index contributed by atoms with van der Waals surface area (Å²) in [6, 6.07) is 0.0604. The summed E-state index contributed by atoms with van der Waals surface area (Å²) >= 11 is 0. The molecular weight excluding hydrogens is 270 g/mol. The Labute approximate surface area is 125 Å². The summed E-state index contributed by atoms with van der Waals surface area (Å²) in [6.45, 7) is 2.29. The molecule has 1 aliphatic carbocycles. The highest BCUT2D eigenvalue weighted by molar-refractivity contribution is 5.83. The summed E-state index contributed by atoms with van der Waals surface area (Å²) < 4.78 is 5.26. The molecule has 21 heavy (non-hydrogen) atoms. The monoisotopic (exact) mass is 295 g/mol. The van der Waals surface area contributed by atoms with Gasteiger partial charge in [0, 0.05) is 38.7 Å². The molecule has 2 heterocycles. The molecule has 0 spiro atoms. The summed E-state index contributed by atoms with van der Waals surface area (Å²) in [6.07, 6.45) is 4.72. The first kappa shape index (κ1) is 14.8. The molecule has 2 amide bonds. The van der Waals surface area contributed by atoms with E-state index in [1.807, 2.05) is 4.90 Å². The van der Waals surface area contributed by atoms with E-state index in [2.05, 4.69) is 10.6 Å². The van der Waals surface area contributed by atoms with Gasteiger partial charge in [-0.3, -0.25) is 9.59 Å². The fraction of sp³-hybridized carbons (Fsp3) is 0.867. The van der Waals surface area contributed by atoms with Crippen molar-refractivity contribution >= 4 is 11.8 Å². The maximum absolute atomic E-state index is 12.2. The van der Waals surface area contributed by atoms with E-state index in [0.717, 1.165) is 51.7 Å². The van der Waals surface area contributed by atoms with Crippen molar-refractivity contribution < 1.29 is 14.3 Å². The van der Waals surface area contributed by atoms with Crippen LogP contribution in [0.5, 0.6) is 0 Å². The van der Waals surface area contributed by atoms with Crippen LogP contribution >= 0.6 is 0 Å². The Bertz CT molecular complexity index is 403. The van der Waals surface area contributed by atoms with Gasteiger partial charge in [0.25, 0.3) is 0 Å². The maximum atomic E-state index is 12.2. The molecule has 0 aromatic heterocycles. The van der Waals surface area contributed by atoms with E-state index in [9.17, 15) is 9.59 Å². The van der Waals surface area contributed by atoms with Gasteiger partial charge in [-0.05, 0) is 32.1 Å². The van der Waals surface area contributed by atoms with E-state index >= 15 is 0 Å². The van der Waals surface area contributed by atoms with Crippen LogP contribution in [0.4, 0.5) is 0 Å². The Morgan fingerprint density at radius 2 is 1.90 bits per heavy atom. The first-order valence-electron chi connectivity index (χ1n) is 8.02. The van der Waals surface area contributed by atoms with Crippen molar-refractivity contribution in [2.24, 2.45) is 5.92 Å². The third-order valence-electron chi connectivity index (χ3n) is 4.82. The van der Waals surface area contributed by atoms with Crippen LogP contribution in [0.15, 0.2) is 0 Å². The minimum absolute atomic E-state index is 0.0709. The summed E-state index contributed by atoms with van der Waals surface area (Å²) in [4.78, 5) is 26.1. The smallest absolute Gasteiger partial charge is 0.237 e. The van der Waals surface area contributed by atoms with Crippen molar-refractivity contribution in [3.63, 3.8) is 0 Å². The van der Waals surface area contributed by atoms with Crippen molar-refractivity contribution in [2.45, 2.75) is 50.3 Å². The molecule has 2 N–H and O–H groups in total. The van der Waals surface area contributed by atoms with Crippen LogP contribution in [0.1, 0.15) is 32.1 Å². The minimum Gasteiger partial charge on any atom is -0.380 e. The van der Waals surface area contributed by atoms with E-state index < -0.39 is 0 Å². The van der Waals surface area contributed by atoms with Crippen molar-refractivity contribution in [3.8, 4) is 0 Å². The Kier molecular flexibility index (Phi) is 4.45. The average Bonchev–Trinajstić information content (AvgIpc) is 3.24. The minimum atomic E-state index is -0.138. The number of likely N-dealkylation sites (tertiary alicyclic amines) is 1. The van der Waals surface area contributed by atoms with Gasteiger partial charge in [-0.15, -0.1) is 0 Å². The molecule has 3 rings (SSSR count). The van der Waals surface area contributed by atoms with Crippen LogP contribution in [0, 0.1) is 5.92 Å². The number of nitrogens with one attached hydrogen (secondary N) is 2. The molecule has 3 aliphatic rings. The van der Waals surface area contributed by atoms with Crippen LogP contribution in [0.3, 0.4) is 0 Å². The quantitative estimate of drug-likeness (QED) is 0.759. The summed E-state index contributed by atoms with van der Waals surface area (Å²) in [5, 5.41) is 6.31. The fourth-order valence-electron chi connectivity index (χ4n) is 3.22. The lowest BCUT2D eigenvalue weighted by Crippen LogP contribution is -2.50. The molecule has 2 atom stereocenters. The molecule has 6 heteroatoms. The molecule has 2 unspecified atom stereocenters. The molecule has 118 valence electrons. The normalized spacial score (nSPS) is 30.4. The molecule has 1 saturated carbocycles. The van der Waals surface area contributed by atoms with Crippen molar-refractivity contribution in [2.75, 3.05) is 26.7 Å². The Morgan fingerprint density at radius 3 is 2.48 bits per heavy atom. The molecule has 0 aromatic rings. The molecule has 0 radical (unpaired) electrons. The Hall–Kier alpha value is -1.14.